The van der Waals surface area contributed by atoms with E-state index < -0.39 is 0 Å². The van der Waals surface area contributed by atoms with Gasteiger partial charge in [0.1, 0.15) is 0 Å². The van der Waals surface area contributed by atoms with Gasteiger partial charge in [0.15, 0.2) is 0 Å². The zero-order chi connectivity index (χ0) is 8.48. The lowest BCUT2D eigenvalue weighted by molar-refractivity contribution is 0.308. The van der Waals surface area contributed by atoms with Crippen LogP contribution < -0.4 is 11.3 Å². The van der Waals surface area contributed by atoms with Gasteiger partial charge in [0.25, 0.3) is 0 Å². The van der Waals surface area contributed by atoms with E-state index in [1.165, 1.54) is 19.3 Å². The molecule has 11 heavy (non-hydrogen) atoms. The molecule has 0 radical (unpaired) electrons. The lowest BCUT2D eigenvalue weighted by Gasteiger charge is -2.24. The van der Waals surface area contributed by atoms with E-state index in [0.29, 0.717) is 11.5 Å². The Morgan fingerprint density at radius 2 is 2.00 bits per heavy atom. The third-order valence-corrected chi connectivity index (χ3v) is 2.79. The standard InChI is InChI=1S/C9H20N2/c1-7(2)6-8(11-10)9(3)4-5-9/h7-8,11H,4-6,10H2,1-3H3. The van der Waals surface area contributed by atoms with Crippen LogP contribution in [0.4, 0.5) is 0 Å². The Labute approximate surface area is 69.5 Å². The van der Waals surface area contributed by atoms with Gasteiger partial charge in [-0.15, -0.1) is 0 Å². The van der Waals surface area contributed by atoms with E-state index in [2.05, 4.69) is 26.2 Å². The van der Waals surface area contributed by atoms with Crippen LogP contribution in [0.15, 0.2) is 0 Å². The van der Waals surface area contributed by atoms with Crippen LogP contribution in [0.25, 0.3) is 0 Å². The fourth-order valence-electron chi connectivity index (χ4n) is 1.57. The van der Waals surface area contributed by atoms with Crippen LogP contribution in [-0.2, 0) is 0 Å². The smallest absolute Gasteiger partial charge is 0.0266 e. The van der Waals surface area contributed by atoms with Crippen molar-refractivity contribution in [3.8, 4) is 0 Å². The van der Waals surface area contributed by atoms with Crippen molar-refractivity contribution >= 4 is 0 Å². The molecule has 1 fully saturated rings. The highest BCUT2D eigenvalue weighted by atomic mass is 15.2. The molecule has 1 atom stereocenters. The molecule has 66 valence electrons. The predicted octanol–water partition coefficient (Wildman–Crippen LogP) is 1.66. The lowest BCUT2D eigenvalue weighted by Crippen LogP contribution is -2.41. The first-order valence-electron chi connectivity index (χ1n) is 4.54. The van der Waals surface area contributed by atoms with Gasteiger partial charge >= 0.3 is 0 Å². The number of hydrogen-bond acceptors (Lipinski definition) is 2. The van der Waals surface area contributed by atoms with Gasteiger partial charge in [-0.05, 0) is 30.6 Å². The summed E-state index contributed by atoms with van der Waals surface area (Å²) in [5.74, 6) is 6.24. The quantitative estimate of drug-likeness (QED) is 0.480. The van der Waals surface area contributed by atoms with Gasteiger partial charge in [0.05, 0.1) is 0 Å². The zero-order valence-electron chi connectivity index (χ0n) is 7.85. The molecule has 0 aromatic heterocycles. The van der Waals surface area contributed by atoms with Crippen LogP contribution in [-0.4, -0.2) is 6.04 Å². The molecule has 0 spiro atoms. The monoisotopic (exact) mass is 156 g/mol. The number of nitrogens with two attached hydrogens (primary N) is 1. The maximum atomic E-state index is 5.50. The molecule has 0 aliphatic heterocycles. The first kappa shape index (κ1) is 9.01. The maximum Gasteiger partial charge on any atom is 0.0266 e. The normalized spacial score (nSPS) is 23.7. The van der Waals surface area contributed by atoms with Gasteiger partial charge < -0.3 is 0 Å². The summed E-state index contributed by atoms with van der Waals surface area (Å²) in [6, 6.07) is 0.530. The first-order valence-corrected chi connectivity index (χ1v) is 4.54. The van der Waals surface area contributed by atoms with E-state index >= 15 is 0 Å². The second kappa shape index (κ2) is 3.11. The van der Waals surface area contributed by atoms with Gasteiger partial charge in [-0.3, -0.25) is 11.3 Å². The molecule has 0 saturated heterocycles. The largest absolute Gasteiger partial charge is 0.271 e. The Bertz CT molecular complexity index is 128. The van der Waals surface area contributed by atoms with Gasteiger partial charge in [-0.25, -0.2) is 0 Å². The SMILES string of the molecule is CC(C)CC(NN)C1(C)CC1. The molecular weight excluding hydrogens is 136 g/mol. The second-order valence-electron chi connectivity index (χ2n) is 4.50. The van der Waals surface area contributed by atoms with Crippen molar-refractivity contribution < 1.29 is 0 Å². The average Bonchev–Trinajstić information content (AvgIpc) is 2.63. The Morgan fingerprint density at radius 1 is 1.45 bits per heavy atom. The van der Waals surface area contributed by atoms with E-state index in [-0.39, 0.29) is 0 Å². The van der Waals surface area contributed by atoms with Gasteiger partial charge in [-0.2, -0.15) is 0 Å². The summed E-state index contributed by atoms with van der Waals surface area (Å²) >= 11 is 0. The van der Waals surface area contributed by atoms with Crippen molar-refractivity contribution in [1.82, 2.24) is 5.43 Å². The third kappa shape index (κ3) is 2.17. The molecule has 3 N–H and O–H groups in total. The molecule has 1 unspecified atom stereocenters. The van der Waals surface area contributed by atoms with Crippen LogP contribution in [0.3, 0.4) is 0 Å². The number of hydrogen-bond donors (Lipinski definition) is 2. The lowest BCUT2D eigenvalue weighted by atomic mass is 9.91. The first-order chi connectivity index (χ1) is 5.08. The molecule has 1 rings (SSSR count). The van der Waals surface area contributed by atoms with Crippen LogP contribution >= 0.6 is 0 Å². The molecule has 2 nitrogen and oxygen atoms in total. The summed E-state index contributed by atoms with van der Waals surface area (Å²) < 4.78 is 0. The van der Waals surface area contributed by atoms with Crippen molar-refractivity contribution in [3.63, 3.8) is 0 Å². The molecule has 0 aromatic carbocycles. The fraction of sp³-hybridized carbons (Fsp3) is 1.00. The van der Waals surface area contributed by atoms with Crippen molar-refractivity contribution in [2.75, 3.05) is 0 Å². The number of hydrazine groups is 1. The van der Waals surface area contributed by atoms with Gasteiger partial charge in [-0.1, -0.05) is 20.8 Å². The summed E-state index contributed by atoms with van der Waals surface area (Å²) in [5, 5.41) is 0. The minimum Gasteiger partial charge on any atom is -0.271 e. The summed E-state index contributed by atoms with van der Waals surface area (Å²) in [4.78, 5) is 0. The Morgan fingerprint density at radius 3 is 2.27 bits per heavy atom. The molecule has 0 bridgehead atoms. The van der Waals surface area contributed by atoms with E-state index in [9.17, 15) is 0 Å². The average molecular weight is 156 g/mol. The molecule has 2 heteroatoms. The highest BCUT2D eigenvalue weighted by Crippen LogP contribution is 2.49. The van der Waals surface area contributed by atoms with E-state index in [0.717, 1.165) is 5.92 Å². The Kier molecular flexibility index (Phi) is 2.55. The highest BCUT2D eigenvalue weighted by molar-refractivity contribution is 4.97. The van der Waals surface area contributed by atoms with Gasteiger partial charge in [0.2, 0.25) is 0 Å². The third-order valence-electron chi connectivity index (χ3n) is 2.79. The molecule has 0 heterocycles. The molecule has 0 amide bonds. The van der Waals surface area contributed by atoms with Crippen molar-refractivity contribution in [3.05, 3.63) is 0 Å². The second-order valence-corrected chi connectivity index (χ2v) is 4.50. The molecule has 1 aliphatic rings. The summed E-state index contributed by atoms with van der Waals surface area (Å²) in [6.45, 7) is 6.81. The van der Waals surface area contributed by atoms with E-state index in [1.807, 2.05) is 0 Å². The Balaban J connectivity index is 2.37. The maximum absolute atomic E-state index is 5.50. The van der Waals surface area contributed by atoms with Crippen LogP contribution in [0.5, 0.6) is 0 Å². The van der Waals surface area contributed by atoms with Crippen molar-refractivity contribution in [2.24, 2.45) is 17.2 Å². The zero-order valence-corrected chi connectivity index (χ0v) is 7.85. The van der Waals surface area contributed by atoms with Gasteiger partial charge in [0, 0.05) is 6.04 Å². The fourth-order valence-corrected chi connectivity index (χ4v) is 1.57. The number of rotatable bonds is 4. The molecular formula is C9H20N2. The van der Waals surface area contributed by atoms with Crippen LogP contribution in [0.1, 0.15) is 40.0 Å². The summed E-state index contributed by atoms with van der Waals surface area (Å²) in [5.41, 5.74) is 3.45. The summed E-state index contributed by atoms with van der Waals surface area (Å²) in [7, 11) is 0. The molecule has 0 aromatic rings. The molecule has 1 aliphatic carbocycles. The minimum absolute atomic E-state index is 0.513. The van der Waals surface area contributed by atoms with Crippen LogP contribution in [0, 0.1) is 11.3 Å². The van der Waals surface area contributed by atoms with Crippen molar-refractivity contribution in [1.29, 1.82) is 0 Å². The topological polar surface area (TPSA) is 38.0 Å². The summed E-state index contributed by atoms with van der Waals surface area (Å²) in [6.07, 6.45) is 3.89. The van der Waals surface area contributed by atoms with Crippen molar-refractivity contribution in [2.45, 2.75) is 46.1 Å². The van der Waals surface area contributed by atoms with Crippen LogP contribution in [0.2, 0.25) is 0 Å². The Hall–Kier alpha value is -0.0800. The highest BCUT2D eigenvalue weighted by Gasteiger charge is 2.44. The van der Waals surface area contributed by atoms with E-state index in [4.69, 9.17) is 5.84 Å². The molecule has 1 saturated carbocycles. The van der Waals surface area contributed by atoms with E-state index in [1.54, 1.807) is 0 Å². The predicted molar refractivity (Wildman–Crippen MR) is 47.9 cm³/mol. The number of nitrogens with one attached hydrogen (secondary N) is 1. The minimum atomic E-state index is 0.513.